The van der Waals surface area contributed by atoms with E-state index in [2.05, 4.69) is 10.1 Å². The van der Waals surface area contributed by atoms with Crippen LogP contribution in [0.3, 0.4) is 0 Å². The minimum Gasteiger partial charge on any atom is -0.271 e. The fourth-order valence-corrected chi connectivity index (χ4v) is 1.45. The molecule has 0 saturated carbocycles. The molecular formula is C12H16F3N3. The van der Waals surface area contributed by atoms with E-state index < -0.39 is 11.9 Å². The van der Waals surface area contributed by atoms with Crippen LogP contribution in [-0.2, 0) is 6.18 Å². The van der Waals surface area contributed by atoms with Gasteiger partial charge in [-0.05, 0) is 17.5 Å². The number of nitrogens with zero attached hydrogens (tertiary/aromatic N) is 2. The number of alkyl halides is 3. The average Bonchev–Trinajstić information content (AvgIpc) is 2.73. The lowest BCUT2D eigenvalue weighted by atomic mass is 10.0. The number of fused-ring (bicyclic) bond motifs is 1. The summed E-state index contributed by atoms with van der Waals surface area (Å²) in [5, 5.41) is 5.54. The van der Waals surface area contributed by atoms with Crippen LogP contribution < -0.4 is 0 Å². The number of hydrogen-bond acceptors (Lipinski definition) is 2. The molecule has 0 aliphatic carbocycles. The second-order valence-electron chi connectivity index (χ2n) is 3.89. The molecule has 18 heavy (non-hydrogen) atoms. The molecule has 0 aliphatic heterocycles. The Morgan fingerprint density at radius 3 is 2.33 bits per heavy atom. The number of aromatic nitrogens is 3. The molecule has 0 saturated heterocycles. The van der Waals surface area contributed by atoms with Crippen LogP contribution in [0.1, 0.15) is 44.9 Å². The Morgan fingerprint density at radius 1 is 1.22 bits per heavy atom. The van der Waals surface area contributed by atoms with Gasteiger partial charge in [-0.25, -0.2) is 4.98 Å². The Balaban J connectivity index is 0.000000771. The highest BCUT2D eigenvalue weighted by molar-refractivity contribution is 5.78. The molecule has 0 aromatic carbocycles. The maximum atomic E-state index is 12.6. The first-order valence-electron chi connectivity index (χ1n) is 5.81. The molecule has 0 aliphatic rings. The molecule has 2 rings (SSSR count). The van der Waals surface area contributed by atoms with E-state index in [0.717, 1.165) is 5.56 Å². The first-order chi connectivity index (χ1) is 8.39. The number of pyridine rings is 1. The summed E-state index contributed by atoms with van der Waals surface area (Å²) in [5.41, 5.74) is 0.0219. The molecule has 3 nitrogen and oxygen atoms in total. The minimum atomic E-state index is -4.42. The second-order valence-corrected chi connectivity index (χ2v) is 3.89. The quantitative estimate of drug-likeness (QED) is 0.836. The summed E-state index contributed by atoms with van der Waals surface area (Å²) in [4.78, 5) is 3.89. The van der Waals surface area contributed by atoms with Gasteiger partial charge >= 0.3 is 6.18 Å². The lowest BCUT2D eigenvalue weighted by Gasteiger charge is -2.06. The summed E-state index contributed by atoms with van der Waals surface area (Å²) in [6, 6.07) is 1.49. The molecule has 2 aromatic rings. The molecule has 2 aromatic heterocycles. The first-order valence-corrected chi connectivity index (χ1v) is 5.81. The Kier molecular flexibility index (Phi) is 4.32. The highest BCUT2D eigenvalue weighted by Crippen LogP contribution is 2.33. The maximum absolute atomic E-state index is 12.6. The Morgan fingerprint density at radius 2 is 1.83 bits per heavy atom. The van der Waals surface area contributed by atoms with E-state index in [1.165, 1.54) is 6.07 Å². The van der Waals surface area contributed by atoms with Gasteiger partial charge in [0.05, 0.1) is 5.39 Å². The van der Waals surface area contributed by atoms with E-state index >= 15 is 0 Å². The summed E-state index contributed by atoms with van der Waals surface area (Å²) in [6.07, 6.45) is -2.87. The van der Waals surface area contributed by atoms with Crippen molar-refractivity contribution in [2.45, 2.75) is 39.8 Å². The monoisotopic (exact) mass is 259 g/mol. The average molecular weight is 259 g/mol. The van der Waals surface area contributed by atoms with Crippen molar-refractivity contribution in [3.05, 3.63) is 23.5 Å². The normalized spacial score (nSPS) is 11.6. The minimum absolute atomic E-state index is 0.0266. The zero-order valence-corrected chi connectivity index (χ0v) is 10.8. The van der Waals surface area contributed by atoms with Gasteiger partial charge in [-0.1, -0.05) is 27.7 Å². The van der Waals surface area contributed by atoms with Crippen LogP contribution >= 0.6 is 0 Å². The molecule has 2 heterocycles. The maximum Gasteiger partial charge on any atom is 0.433 e. The van der Waals surface area contributed by atoms with E-state index in [9.17, 15) is 13.2 Å². The van der Waals surface area contributed by atoms with E-state index in [-0.39, 0.29) is 17.0 Å². The number of rotatable bonds is 1. The molecule has 0 radical (unpaired) electrons. The zero-order chi connectivity index (χ0) is 13.9. The van der Waals surface area contributed by atoms with Crippen molar-refractivity contribution in [2.75, 3.05) is 0 Å². The molecule has 0 unspecified atom stereocenters. The SMILES string of the molecule is CC.CC(C)c1cnc2n[nH]c(C(F)(F)F)c2c1. The van der Waals surface area contributed by atoms with Crippen molar-refractivity contribution in [3.63, 3.8) is 0 Å². The lowest BCUT2D eigenvalue weighted by Crippen LogP contribution is -2.06. The van der Waals surface area contributed by atoms with Crippen molar-refractivity contribution < 1.29 is 13.2 Å². The van der Waals surface area contributed by atoms with Crippen LogP contribution in [-0.4, -0.2) is 15.2 Å². The van der Waals surface area contributed by atoms with Crippen LogP contribution in [0.4, 0.5) is 13.2 Å². The standard InChI is InChI=1S/C10H10F3N3.C2H6/c1-5(2)6-3-7-8(10(11,12)13)15-16-9(7)14-4-6;1-2/h3-5H,1-2H3,(H,14,15,16);1-2H3. The van der Waals surface area contributed by atoms with Gasteiger partial charge in [0.2, 0.25) is 0 Å². The summed E-state index contributed by atoms with van der Waals surface area (Å²) in [7, 11) is 0. The van der Waals surface area contributed by atoms with Crippen molar-refractivity contribution >= 4 is 11.0 Å². The van der Waals surface area contributed by atoms with Gasteiger partial charge < -0.3 is 0 Å². The summed E-state index contributed by atoms with van der Waals surface area (Å²) < 4.78 is 37.8. The number of nitrogens with one attached hydrogen (secondary N) is 1. The largest absolute Gasteiger partial charge is 0.433 e. The van der Waals surface area contributed by atoms with E-state index in [0.29, 0.717) is 0 Å². The Hall–Kier alpha value is -1.59. The van der Waals surface area contributed by atoms with Crippen molar-refractivity contribution in [3.8, 4) is 0 Å². The van der Waals surface area contributed by atoms with Crippen LogP contribution in [0.15, 0.2) is 12.3 Å². The number of aromatic amines is 1. The van der Waals surface area contributed by atoms with Gasteiger partial charge in [-0.3, -0.25) is 5.10 Å². The topological polar surface area (TPSA) is 41.6 Å². The van der Waals surface area contributed by atoms with Crippen LogP contribution in [0, 0.1) is 0 Å². The van der Waals surface area contributed by atoms with Gasteiger partial charge in [0.15, 0.2) is 5.65 Å². The molecule has 6 heteroatoms. The van der Waals surface area contributed by atoms with Crippen molar-refractivity contribution in [1.82, 2.24) is 15.2 Å². The molecule has 0 amide bonds. The third kappa shape index (κ3) is 2.80. The second kappa shape index (κ2) is 5.37. The third-order valence-corrected chi connectivity index (χ3v) is 2.38. The fraction of sp³-hybridized carbons (Fsp3) is 0.500. The van der Waals surface area contributed by atoms with E-state index in [1.807, 2.05) is 32.8 Å². The molecule has 0 spiro atoms. The van der Waals surface area contributed by atoms with Crippen LogP contribution in [0.5, 0.6) is 0 Å². The molecule has 0 fully saturated rings. The van der Waals surface area contributed by atoms with Gasteiger partial charge in [-0.15, -0.1) is 0 Å². The fourth-order valence-electron chi connectivity index (χ4n) is 1.45. The Bertz CT molecular complexity index is 515. The highest BCUT2D eigenvalue weighted by atomic mass is 19.4. The highest BCUT2D eigenvalue weighted by Gasteiger charge is 2.35. The van der Waals surface area contributed by atoms with Gasteiger partial charge in [-0.2, -0.15) is 18.3 Å². The van der Waals surface area contributed by atoms with Crippen LogP contribution in [0.25, 0.3) is 11.0 Å². The first kappa shape index (κ1) is 14.5. The third-order valence-electron chi connectivity index (χ3n) is 2.38. The number of halogens is 3. The molecule has 100 valence electrons. The van der Waals surface area contributed by atoms with E-state index in [1.54, 1.807) is 6.20 Å². The molecule has 0 atom stereocenters. The van der Waals surface area contributed by atoms with Crippen molar-refractivity contribution in [2.24, 2.45) is 0 Å². The van der Waals surface area contributed by atoms with E-state index in [4.69, 9.17) is 0 Å². The smallest absolute Gasteiger partial charge is 0.271 e. The zero-order valence-electron chi connectivity index (χ0n) is 10.8. The Labute approximate surface area is 103 Å². The molecule has 1 N–H and O–H groups in total. The number of hydrogen-bond donors (Lipinski definition) is 1. The lowest BCUT2D eigenvalue weighted by molar-refractivity contribution is -0.139. The predicted octanol–water partition coefficient (Wildman–Crippen LogP) is 4.13. The van der Waals surface area contributed by atoms with Crippen molar-refractivity contribution in [1.29, 1.82) is 0 Å². The summed E-state index contributed by atoms with van der Waals surface area (Å²) in [5.74, 6) is 0.132. The molecule has 0 bridgehead atoms. The van der Waals surface area contributed by atoms with Gasteiger partial charge in [0, 0.05) is 6.20 Å². The predicted molar refractivity (Wildman–Crippen MR) is 64.3 cm³/mol. The summed E-state index contributed by atoms with van der Waals surface area (Å²) >= 11 is 0. The van der Waals surface area contributed by atoms with Crippen LogP contribution in [0.2, 0.25) is 0 Å². The number of H-pyrrole nitrogens is 1. The van der Waals surface area contributed by atoms with Gasteiger partial charge in [0.25, 0.3) is 0 Å². The summed E-state index contributed by atoms with van der Waals surface area (Å²) in [6.45, 7) is 7.80. The van der Waals surface area contributed by atoms with Gasteiger partial charge in [0.1, 0.15) is 5.69 Å². The molecular weight excluding hydrogens is 243 g/mol.